The predicted molar refractivity (Wildman–Crippen MR) is 85.6 cm³/mol. The average molecular weight is 300 g/mol. The summed E-state index contributed by atoms with van der Waals surface area (Å²) < 4.78 is 0. The van der Waals surface area contributed by atoms with Crippen LogP contribution in [0.5, 0.6) is 5.75 Å². The van der Waals surface area contributed by atoms with Crippen LogP contribution in [0.15, 0.2) is 64.6 Å². The number of aromatic hydroxyl groups is 1. The molecular formula is C16H16N2O2S. The number of rotatable bonds is 6. The van der Waals surface area contributed by atoms with E-state index in [9.17, 15) is 9.90 Å². The lowest BCUT2D eigenvalue weighted by molar-refractivity contribution is -0.120. The van der Waals surface area contributed by atoms with Crippen molar-refractivity contribution in [1.82, 2.24) is 5.43 Å². The number of carbonyl (C=O) groups excluding carboxylic acids is 1. The molecule has 2 rings (SSSR count). The smallest absolute Gasteiger partial charge is 0.240 e. The van der Waals surface area contributed by atoms with Gasteiger partial charge in [-0.25, -0.2) is 5.43 Å². The third-order valence-corrected chi connectivity index (χ3v) is 3.68. The van der Waals surface area contributed by atoms with E-state index in [0.717, 1.165) is 4.90 Å². The molecule has 0 heterocycles. The van der Waals surface area contributed by atoms with Crippen molar-refractivity contribution in [3.8, 4) is 5.75 Å². The first-order valence-corrected chi connectivity index (χ1v) is 7.52. The Hall–Kier alpha value is -2.27. The summed E-state index contributed by atoms with van der Waals surface area (Å²) in [4.78, 5) is 12.7. The molecule has 4 nitrogen and oxygen atoms in total. The van der Waals surface area contributed by atoms with Gasteiger partial charge in [0.1, 0.15) is 5.75 Å². The molecule has 0 bridgehead atoms. The molecule has 0 saturated heterocycles. The van der Waals surface area contributed by atoms with Gasteiger partial charge >= 0.3 is 0 Å². The van der Waals surface area contributed by atoms with Gasteiger partial charge < -0.3 is 5.11 Å². The highest BCUT2D eigenvalue weighted by atomic mass is 32.2. The molecule has 21 heavy (non-hydrogen) atoms. The summed E-state index contributed by atoms with van der Waals surface area (Å²) in [5, 5.41) is 13.4. The number of nitrogens with one attached hydrogen (secondary N) is 1. The van der Waals surface area contributed by atoms with Crippen molar-refractivity contribution in [3.63, 3.8) is 0 Å². The van der Waals surface area contributed by atoms with E-state index in [0.29, 0.717) is 17.7 Å². The lowest BCUT2D eigenvalue weighted by Gasteiger charge is -2.01. The standard InChI is InChI=1S/C16H16N2O2S/c19-15-9-5-4-6-13(15)12-17-18-16(20)10-11-21-14-7-2-1-3-8-14/h1-9,12,19H,10-11H2,(H,18,20)/b17-12+. The monoisotopic (exact) mass is 300 g/mol. The molecule has 1 amide bonds. The Balaban J connectivity index is 1.71. The lowest BCUT2D eigenvalue weighted by atomic mass is 10.2. The van der Waals surface area contributed by atoms with E-state index < -0.39 is 0 Å². The number of hydrazone groups is 1. The van der Waals surface area contributed by atoms with Gasteiger partial charge in [0.2, 0.25) is 5.91 Å². The Bertz CT molecular complexity index is 615. The van der Waals surface area contributed by atoms with Crippen LogP contribution in [0.1, 0.15) is 12.0 Å². The zero-order valence-corrected chi connectivity index (χ0v) is 12.2. The zero-order valence-electron chi connectivity index (χ0n) is 11.4. The molecule has 0 aliphatic heterocycles. The van der Waals surface area contributed by atoms with Crippen LogP contribution in [0, 0.1) is 0 Å². The van der Waals surface area contributed by atoms with E-state index >= 15 is 0 Å². The Morgan fingerprint density at radius 1 is 1.14 bits per heavy atom. The maximum Gasteiger partial charge on any atom is 0.240 e. The predicted octanol–water partition coefficient (Wildman–Crippen LogP) is 3.02. The number of amides is 1. The van der Waals surface area contributed by atoms with Gasteiger partial charge in [0.25, 0.3) is 0 Å². The van der Waals surface area contributed by atoms with Crippen LogP contribution >= 0.6 is 11.8 Å². The fraction of sp³-hybridized carbons (Fsp3) is 0.125. The summed E-state index contributed by atoms with van der Waals surface area (Å²) in [7, 11) is 0. The molecular weight excluding hydrogens is 284 g/mol. The number of thioether (sulfide) groups is 1. The van der Waals surface area contributed by atoms with Gasteiger partial charge in [0, 0.05) is 22.6 Å². The molecule has 2 N–H and O–H groups in total. The molecule has 0 aromatic heterocycles. The lowest BCUT2D eigenvalue weighted by Crippen LogP contribution is -2.17. The van der Waals surface area contributed by atoms with E-state index in [1.54, 1.807) is 36.0 Å². The fourth-order valence-corrected chi connectivity index (χ4v) is 2.48. The van der Waals surface area contributed by atoms with Crippen molar-refractivity contribution in [1.29, 1.82) is 0 Å². The van der Waals surface area contributed by atoms with Gasteiger partial charge in [-0.05, 0) is 24.3 Å². The first kappa shape index (κ1) is 15.1. The molecule has 0 aliphatic rings. The van der Waals surface area contributed by atoms with Crippen LogP contribution in [0.4, 0.5) is 0 Å². The maximum atomic E-state index is 11.6. The minimum Gasteiger partial charge on any atom is -0.507 e. The number of nitrogens with zero attached hydrogens (tertiary/aromatic N) is 1. The van der Waals surface area contributed by atoms with Gasteiger partial charge in [-0.1, -0.05) is 30.3 Å². The van der Waals surface area contributed by atoms with Crippen LogP contribution in [0.25, 0.3) is 0 Å². The third kappa shape index (κ3) is 5.31. The number of phenolic OH excluding ortho intramolecular Hbond substituents is 1. The van der Waals surface area contributed by atoms with Crippen molar-refractivity contribution < 1.29 is 9.90 Å². The Morgan fingerprint density at radius 2 is 1.86 bits per heavy atom. The SMILES string of the molecule is O=C(CCSc1ccccc1)N/N=C/c1ccccc1O. The fourth-order valence-electron chi connectivity index (χ4n) is 1.60. The van der Waals surface area contributed by atoms with E-state index in [-0.39, 0.29) is 11.7 Å². The van der Waals surface area contributed by atoms with Crippen molar-refractivity contribution in [2.24, 2.45) is 5.10 Å². The van der Waals surface area contributed by atoms with Crippen molar-refractivity contribution >= 4 is 23.9 Å². The second-order valence-corrected chi connectivity index (χ2v) is 5.43. The van der Waals surface area contributed by atoms with Gasteiger partial charge in [0.05, 0.1) is 6.21 Å². The summed E-state index contributed by atoms with van der Waals surface area (Å²) in [5.41, 5.74) is 3.02. The number of phenols is 1. The van der Waals surface area contributed by atoms with Crippen LogP contribution in [0.2, 0.25) is 0 Å². The Morgan fingerprint density at radius 3 is 2.62 bits per heavy atom. The molecule has 2 aromatic rings. The summed E-state index contributed by atoms with van der Waals surface area (Å²) in [6, 6.07) is 16.7. The van der Waals surface area contributed by atoms with Crippen molar-refractivity contribution in [2.75, 3.05) is 5.75 Å². The molecule has 0 fully saturated rings. The molecule has 0 radical (unpaired) electrons. The van der Waals surface area contributed by atoms with Crippen molar-refractivity contribution in [3.05, 3.63) is 60.2 Å². The van der Waals surface area contributed by atoms with Crippen LogP contribution in [-0.2, 0) is 4.79 Å². The highest BCUT2D eigenvalue weighted by Gasteiger charge is 2.01. The second-order valence-electron chi connectivity index (χ2n) is 4.26. The first-order valence-electron chi connectivity index (χ1n) is 6.53. The van der Waals surface area contributed by atoms with Gasteiger partial charge in [0.15, 0.2) is 0 Å². The van der Waals surface area contributed by atoms with Crippen LogP contribution < -0.4 is 5.43 Å². The number of carbonyl (C=O) groups is 1. The largest absolute Gasteiger partial charge is 0.507 e. The van der Waals surface area contributed by atoms with Gasteiger partial charge in [-0.3, -0.25) is 4.79 Å². The topological polar surface area (TPSA) is 61.7 Å². The highest BCUT2D eigenvalue weighted by molar-refractivity contribution is 7.99. The van der Waals surface area contributed by atoms with E-state index in [4.69, 9.17) is 0 Å². The molecule has 0 aliphatic carbocycles. The molecule has 108 valence electrons. The molecule has 0 saturated carbocycles. The minimum atomic E-state index is -0.148. The Kier molecular flexibility index (Phi) is 5.84. The normalized spacial score (nSPS) is 10.7. The number of benzene rings is 2. The van der Waals surface area contributed by atoms with Crippen LogP contribution in [0.3, 0.4) is 0 Å². The number of para-hydroxylation sites is 1. The van der Waals surface area contributed by atoms with Crippen LogP contribution in [-0.4, -0.2) is 23.0 Å². The molecule has 0 spiro atoms. The zero-order chi connectivity index (χ0) is 14.9. The van der Waals surface area contributed by atoms with Gasteiger partial charge in [-0.15, -0.1) is 11.8 Å². The van der Waals surface area contributed by atoms with Gasteiger partial charge in [-0.2, -0.15) is 5.10 Å². The molecule has 0 unspecified atom stereocenters. The summed E-state index contributed by atoms with van der Waals surface area (Å²) in [6.45, 7) is 0. The molecule has 5 heteroatoms. The van der Waals surface area contributed by atoms with Crippen molar-refractivity contribution in [2.45, 2.75) is 11.3 Å². The summed E-state index contributed by atoms with van der Waals surface area (Å²) >= 11 is 1.63. The van der Waals surface area contributed by atoms with E-state index in [2.05, 4.69) is 10.5 Å². The number of hydrogen-bond acceptors (Lipinski definition) is 4. The van der Waals surface area contributed by atoms with E-state index in [1.807, 2.05) is 30.3 Å². The highest BCUT2D eigenvalue weighted by Crippen LogP contribution is 2.17. The summed E-state index contributed by atoms with van der Waals surface area (Å²) in [6.07, 6.45) is 1.81. The summed E-state index contributed by atoms with van der Waals surface area (Å²) in [5.74, 6) is 0.683. The quantitative estimate of drug-likeness (QED) is 0.490. The maximum absolute atomic E-state index is 11.6. The second kappa shape index (κ2) is 8.11. The van der Waals surface area contributed by atoms with E-state index in [1.165, 1.54) is 6.21 Å². The average Bonchev–Trinajstić information content (AvgIpc) is 2.50. The Labute approximate surface area is 127 Å². The minimum absolute atomic E-state index is 0.134. The third-order valence-electron chi connectivity index (χ3n) is 2.67. The molecule has 0 atom stereocenters. The number of hydrogen-bond donors (Lipinski definition) is 2. The molecule has 2 aromatic carbocycles. The first-order chi connectivity index (χ1) is 10.3.